The summed E-state index contributed by atoms with van der Waals surface area (Å²) >= 11 is 4.01. The first-order chi connectivity index (χ1) is 13.3. The zero-order valence-corrected chi connectivity index (χ0v) is 17.9. The van der Waals surface area contributed by atoms with Crippen molar-refractivity contribution in [3.63, 3.8) is 0 Å². The van der Waals surface area contributed by atoms with Crippen molar-refractivity contribution in [1.82, 2.24) is 4.90 Å². The van der Waals surface area contributed by atoms with Crippen LogP contribution in [-0.4, -0.2) is 29.2 Å². The van der Waals surface area contributed by atoms with Gasteiger partial charge in [-0.15, -0.1) is 11.8 Å². The molecule has 4 rings (SSSR count). The lowest BCUT2D eigenvalue weighted by Gasteiger charge is -2.38. The fourth-order valence-corrected chi connectivity index (χ4v) is 6.43. The van der Waals surface area contributed by atoms with Crippen molar-refractivity contribution in [1.29, 1.82) is 0 Å². The number of hydrogen-bond acceptors (Lipinski definition) is 4. The Bertz CT molecular complexity index is 780. The molecule has 0 bridgehead atoms. The van der Waals surface area contributed by atoms with E-state index in [-0.39, 0.29) is 0 Å². The summed E-state index contributed by atoms with van der Waals surface area (Å²) in [4.78, 5) is 6.69. The minimum atomic E-state index is 0.359. The highest BCUT2D eigenvalue weighted by atomic mass is 32.2. The first kappa shape index (κ1) is 19.0. The lowest BCUT2D eigenvalue weighted by Crippen LogP contribution is -2.45. The van der Waals surface area contributed by atoms with Gasteiger partial charge in [0.25, 0.3) is 0 Å². The predicted molar refractivity (Wildman–Crippen MR) is 122 cm³/mol. The van der Waals surface area contributed by atoms with Crippen LogP contribution >= 0.6 is 23.5 Å². The van der Waals surface area contributed by atoms with Gasteiger partial charge in [-0.05, 0) is 43.2 Å². The van der Waals surface area contributed by atoms with Gasteiger partial charge in [0, 0.05) is 23.7 Å². The van der Waals surface area contributed by atoms with Crippen LogP contribution in [0.5, 0.6) is 0 Å². The van der Waals surface area contributed by atoms with Crippen molar-refractivity contribution in [3.8, 4) is 0 Å². The second-order valence-electron chi connectivity index (χ2n) is 7.18. The molecule has 0 aliphatic carbocycles. The van der Waals surface area contributed by atoms with Gasteiger partial charge in [0.2, 0.25) is 0 Å². The van der Waals surface area contributed by atoms with Crippen LogP contribution in [0.2, 0.25) is 0 Å². The second-order valence-corrected chi connectivity index (χ2v) is 9.50. The number of likely N-dealkylation sites (tertiary alicyclic amines) is 1. The quantitative estimate of drug-likeness (QED) is 0.577. The smallest absolute Gasteiger partial charge is 0.140 e. The number of nitrogens with zero attached hydrogens (tertiary/aromatic N) is 2. The van der Waals surface area contributed by atoms with Crippen LogP contribution in [0.4, 0.5) is 5.69 Å². The van der Waals surface area contributed by atoms with Gasteiger partial charge in [-0.25, -0.2) is 0 Å². The van der Waals surface area contributed by atoms with E-state index in [9.17, 15) is 0 Å². The number of hydrogen-bond donors (Lipinski definition) is 0. The monoisotopic (exact) mass is 396 g/mol. The molecule has 27 heavy (non-hydrogen) atoms. The van der Waals surface area contributed by atoms with Crippen LogP contribution in [0.3, 0.4) is 0 Å². The van der Waals surface area contributed by atoms with Crippen LogP contribution < -0.4 is 4.90 Å². The molecule has 0 spiro atoms. The average Bonchev–Trinajstić information content (AvgIpc) is 3.09. The van der Waals surface area contributed by atoms with Crippen molar-refractivity contribution in [2.75, 3.05) is 23.7 Å². The molecule has 1 unspecified atom stereocenters. The van der Waals surface area contributed by atoms with Gasteiger partial charge in [-0.2, -0.15) is 0 Å². The van der Waals surface area contributed by atoms with E-state index in [1.165, 1.54) is 59.1 Å². The van der Waals surface area contributed by atoms with Gasteiger partial charge >= 0.3 is 0 Å². The van der Waals surface area contributed by atoms with E-state index in [0.29, 0.717) is 5.50 Å². The molecule has 1 saturated heterocycles. The summed E-state index contributed by atoms with van der Waals surface area (Å²) in [6.07, 6.45) is 4.00. The molecule has 142 valence electrons. The normalized spacial score (nSPS) is 21.1. The molecule has 1 fully saturated rings. The number of anilines is 1. The summed E-state index contributed by atoms with van der Waals surface area (Å²) < 4.78 is 0. The Balaban J connectivity index is 1.77. The van der Waals surface area contributed by atoms with Crippen LogP contribution in [0, 0.1) is 6.92 Å². The van der Waals surface area contributed by atoms with Gasteiger partial charge in [0.05, 0.1) is 5.03 Å². The van der Waals surface area contributed by atoms with Gasteiger partial charge in [-0.3, -0.25) is 4.90 Å². The van der Waals surface area contributed by atoms with E-state index in [4.69, 9.17) is 0 Å². The number of para-hydroxylation sites is 1. The molecule has 2 aliphatic heterocycles. The van der Waals surface area contributed by atoms with E-state index in [1.54, 1.807) is 0 Å². The standard InChI is InChI=1S/C23H28N2S2/c1-3-26-22-21(19-14-12-18(2)13-15-19)27-23(24-16-8-5-9-17-24)25(22)20-10-6-4-7-11-20/h4,6-7,10-15,23H,3,5,8-9,16-17H2,1-2H3. The predicted octanol–water partition coefficient (Wildman–Crippen LogP) is 6.40. The molecule has 0 N–H and O–H groups in total. The minimum absolute atomic E-state index is 0.359. The largest absolute Gasteiger partial charge is 0.309 e. The topological polar surface area (TPSA) is 6.48 Å². The summed E-state index contributed by atoms with van der Waals surface area (Å²) in [5.41, 5.74) is 4.33. The van der Waals surface area contributed by atoms with E-state index in [2.05, 4.69) is 78.2 Å². The van der Waals surface area contributed by atoms with Gasteiger partial charge < -0.3 is 4.90 Å². The lowest BCUT2D eigenvalue weighted by molar-refractivity contribution is 0.216. The Kier molecular flexibility index (Phi) is 6.16. The number of benzene rings is 2. The van der Waals surface area contributed by atoms with E-state index in [1.807, 2.05) is 23.5 Å². The third kappa shape index (κ3) is 4.08. The van der Waals surface area contributed by atoms with Crippen molar-refractivity contribution >= 4 is 34.1 Å². The first-order valence-corrected chi connectivity index (χ1v) is 11.8. The SMILES string of the molecule is CCSC1=C(c2ccc(C)cc2)SC(N2CCCCC2)N1c1ccccc1. The maximum Gasteiger partial charge on any atom is 0.140 e. The van der Waals surface area contributed by atoms with Crippen molar-refractivity contribution < 1.29 is 0 Å². The Hall–Kier alpha value is -1.36. The molecule has 0 amide bonds. The third-order valence-corrected chi connectivity index (χ3v) is 7.67. The summed E-state index contributed by atoms with van der Waals surface area (Å²) in [6.45, 7) is 6.82. The molecule has 0 radical (unpaired) electrons. The maximum absolute atomic E-state index is 2.68. The second kappa shape index (κ2) is 8.76. The molecule has 2 aliphatic rings. The average molecular weight is 397 g/mol. The molecular formula is C23H28N2S2. The Morgan fingerprint density at radius 1 is 0.963 bits per heavy atom. The Labute approximate surface area is 172 Å². The van der Waals surface area contributed by atoms with Crippen LogP contribution in [0.25, 0.3) is 4.91 Å². The minimum Gasteiger partial charge on any atom is -0.309 e. The van der Waals surface area contributed by atoms with Crippen LogP contribution in [0.15, 0.2) is 59.6 Å². The van der Waals surface area contributed by atoms with Gasteiger partial charge in [0.15, 0.2) is 0 Å². The number of thioether (sulfide) groups is 2. The zero-order valence-electron chi connectivity index (χ0n) is 16.2. The molecule has 2 aromatic carbocycles. The van der Waals surface area contributed by atoms with E-state index >= 15 is 0 Å². The molecule has 1 atom stereocenters. The summed E-state index contributed by atoms with van der Waals surface area (Å²) in [6, 6.07) is 20.0. The zero-order chi connectivity index (χ0) is 18.6. The molecular weight excluding hydrogens is 368 g/mol. The van der Waals surface area contributed by atoms with E-state index < -0.39 is 0 Å². The molecule has 2 heterocycles. The summed E-state index contributed by atoms with van der Waals surface area (Å²) in [7, 11) is 0. The maximum atomic E-state index is 2.68. The Morgan fingerprint density at radius 3 is 2.33 bits per heavy atom. The highest BCUT2D eigenvalue weighted by Gasteiger charge is 2.38. The van der Waals surface area contributed by atoms with Crippen molar-refractivity contribution in [2.45, 2.75) is 38.6 Å². The lowest BCUT2D eigenvalue weighted by atomic mass is 10.1. The number of rotatable bonds is 5. The number of aryl methyl sites for hydroxylation is 1. The van der Waals surface area contributed by atoms with Gasteiger partial charge in [-0.1, -0.05) is 73.1 Å². The fraction of sp³-hybridized carbons (Fsp3) is 0.391. The Morgan fingerprint density at radius 2 is 1.67 bits per heavy atom. The highest BCUT2D eigenvalue weighted by molar-refractivity contribution is 8.12. The third-order valence-electron chi connectivity index (χ3n) is 5.19. The summed E-state index contributed by atoms with van der Waals surface area (Å²) in [5.74, 6) is 1.08. The fourth-order valence-electron chi connectivity index (χ4n) is 3.80. The van der Waals surface area contributed by atoms with Crippen molar-refractivity contribution in [2.24, 2.45) is 0 Å². The van der Waals surface area contributed by atoms with Crippen molar-refractivity contribution in [3.05, 3.63) is 70.8 Å². The highest BCUT2D eigenvalue weighted by Crippen LogP contribution is 2.51. The molecule has 0 aromatic heterocycles. The summed E-state index contributed by atoms with van der Waals surface area (Å²) in [5, 5.41) is 1.41. The van der Waals surface area contributed by atoms with Gasteiger partial charge in [0.1, 0.15) is 5.50 Å². The van der Waals surface area contributed by atoms with Crippen LogP contribution in [-0.2, 0) is 0 Å². The number of piperidine rings is 1. The van der Waals surface area contributed by atoms with Crippen LogP contribution in [0.1, 0.15) is 37.3 Å². The molecule has 0 saturated carbocycles. The molecule has 4 heteroatoms. The van der Waals surface area contributed by atoms with E-state index in [0.717, 1.165) is 5.75 Å². The first-order valence-electron chi connectivity index (χ1n) is 9.97. The molecule has 2 aromatic rings. The molecule has 2 nitrogen and oxygen atoms in total.